The Morgan fingerprint density at radius 1 is 1.22 bits per heavy atom. The number of carbonyl (C=O) groups excluding carboxylic acids is 1. The summed E-state index contributed by atoms with van der Waals surface area (Å²) in [7, 11) is 0. The Labute approximate surface area is 111 Å². The standard InChI is InChI=1S/C14H27NO3/c1-4-12-7-8-13(16)15(10-9-12)11-14(17-5-2)18-6-3/h12,14H,4-11H2,1-3H3. The molecule has 0 radical (unpaired) electrons. The van der Waals surface area contributed by atoms with Crippen LogP contribution in [0.2, 0.25) is 0 Å². The summed E-state index contributed by atoms with van der Waals surface area (Å²) in [5.74, 6) is 0.937. The second-order valence-electron chi connectivity index (χ2n) is 4.78. The summed E-state index contributed by atoms with van der Waals surface area (Å²) in [6, 6.07) is 0. The van der Waals surface area contributed by atoms with Crippen LogP contribution in [0, 0.1) is 5.92 Å². The minimum atomic E-state index is -0.276. The Morgan fingerprint density at radius 2 is 1.89 bits per heavy atom. The predicted octanol–water partition coefficient (Wildman–Crippen LogP) is 2.42. The molecular weight excluding hydrogens is 230 g/mol. The zero-order valence-corrected chi connectivity index (χ0v) is 12.0. The van der Waals surface area contributed by atoms with Crippen LogP contribution in [-0.2, 0) is 14.3 Å². The van der Waals surface area contributed by atoms with Gasteiger partial charge in [-0.2, -0.15) is 0 Å². The molecule has 0 N–H and O–H groups in total. The Kier molecular flexibility index (Phi) is 7.28. The van der Waals surface area contributed by atoms with Crippen molar-refractivity contribution < 1.29 is 14.3 Å². The zero-order chi connectivity index (χ0) is 13.4. The van der Waals surface area contributed by atoms with Crippen molar-refractivity contribution in [1.29, 1.82) is 0 Å². The van der Waals surface area contributed by atoms with Crippen LogP contribution < -0.4 is 0 Å². The maximum atomic E-state index is 12.0. The molecule has 1 fully saturated rings. The molecule has 4 heteroatoms. The van der Waals surface area contributed by atoms with E-state index in [-0.39, 0.29) is 12.2 Å². The van der Waals surface area contributed by atoms with Gasteiger partial charge >= 0.3 is 0 Å². The Hall–Kier alpha value is -0.610. The molecule has 1 amide bonds. The van der Waals surface area contributed by atoms with Crippen molar-refractivity contribution in [3.05, 3.63) is 0 Å². The van der Waals surface area contributed by atoms with Gasteiger partial charge in [-0.05, 0) is 32.6 Å². The van der Waals surface area contributed by atoms with Gasteiger partial charge < -0.3 is 14.4 Å². The summed E-state index contributed by atoms with van der Waals surface area (Å²) < 4.78 is 11.0. The molecule has 0 aromatic heterocycles. The molecule has 4 nitrogen and oxygen atoms in total. The van der Waals surface area contributed by atoms with E-state index in [9.17, 15) is 4.79 Å². The fourth-order valence-corrected chi connectivity index (χ4v) is 2.40. The highest BCUT2D eigenvalue weighted by Crippen LogP contribution is 2.21. The van der Waals surface area contributed by atoms with Gasteiger partial charge in [0.2, 0.25) is 5.91 Å². The SMILES string of the molecule is CCOC(CN1CCC(CC)CCC1=O)OCC. The fraction of sp³-hybridized carbons (Fsp3) is 0.929. The van der Waals surface area contributed by atoms with Gasteiger partial charge in [-0.3, -0.25) is 4.79 Å². The molecule has 0 aliphatic carbocycles. The molecule has 0 bridgehead atoms. The first-order chi connectivity index (χ1) is 8.71. The van der Waals surface area contributed by atoms with Crippen molar-refractivity contribution >= 4 is 5.91 Å². The lowest BCUT2D eigenvalue weighted by atomic mass is 9.98. The minimum absolute atomic E-state index is 0.246. The fourth-order valence-electron chi connectivity index (χ4n) is 2.40. The third-order valence-electron chi connectivity index (χ3n) is 3.58. The molecule has 1 atom stereocenters. The largest absolute Gasteiger partial charge is 0.351 e. The van der Waals surface area contributed by atoms with Crippen LogP contribution in [0.1, 0.15) is 46.5 Å². The summed E-state index contributed by atoms with van der Waals surface area (Å²) in [5, 5.41) is 0. The van der Waals surface area contributed by atoms with E-state index in [2.05, 4.69) is 6.92 Å². The van der Waals surface area contributed by atoms with E-state index < -0.39 is 0 Å². The van der Waals surface area contributed by atoms with Crippen LogP contribution >= 0.6 is 0 Å². The first kappa shape index (κ1) is 15.4. The molecule has 106 valence electrons. The highest BCUT2D eigenvalue weighted by molar-refractivity contribution is 5.76. The smallest absolute Gasteiger partial charge is 0.222 e. The van der Waals surface area contributed by atoms with Crippen molar-refractivity contribution in [2.24, 2.45) is 5.92 Å². The molecule has 1 unspecified atom stereocenters. The molecule has 1 rings (SSSR count). The zero-order valence-electron chi connectivity index (χ0n) is 12.0. The van der Waals surface area contributed by atoms with E-state index in [1.165, 1.54) is 6.42 Å². The predicted molar refractivity (Wildman–Crippen MR) is 71.3 cm³/mol. The summed E-state index contributed by atoms with van der Waals surface area (Å²) in [5.41, 5.74) is 0. The van der Waals surface area contributed by atoms with Crippen LogP contribution in [0.25, 0.3) is 0 Å². The van der Waals surface area contributed by atoms with Gasteiger partial charge in [-0.25, -0.2) is 0 Å². The number of nitrogens with zero attached hydrogens (tertiary/aromatic N) is 1. The highest BCUT2D eigenvalue weighted by atomic mass is 16.7. The van der Waals surface area contributed by atoms with Crippen LogP contribution in [0.5, 0.6) is 0 Å². The van der Waals surface area contributed by atoms with E-state index in [4.69, 9.17) is 9.47 Å². The molecule has 0 aromatic rings. The topological polar surface area (TPSA) is 38.8 Å². The maximum Gasteiger partial charge on any atom is 0.222 e. The lowest BCUT2D eigenvalue weighted by Crippen LogP contribution is -2.39. The number of hydrogen-bond acceptors (Lipinski definition) is 3. The number of hydrogen-bond donors (Lipinski definition) is 0. The second-order valence-corrected chi connectivity index (χ2v) is 4.78. The molecule has 0 saturated carbocycles. The van der Waals surface area contributed by atoms with Crippen molar-refractivity contribution in [1.82, 2.24) is 4.90 Å². The highest BCUT2D eigenvalue weighted by Gasteiger charge is 2.24. The first-order valence-corrected chi connectivity index (χ1v) is 7.22. The summed E-state index contributed by atoms with van der Waals surface area (Å²) in [4.78, 5) is 13.9. The van der Waals surface area contributed by atoms with Gasteiger partial charge in [0.15, 0.2) is 6.29 Å². The summed E-state index contributed by atoms with van der Waals surface area (Å²) in [6.07, 6.45) is 3.69. The third kappa shape index (κ3) is 4.94. The average Bonchev–Trinajstić information content (AvgIpc) is 2.53. The van der Waals surface area contributed by atoms with Crippen molar-refractivity contribution in [3.63, 3.8) is 0 Å². The molecule has 0 spiro atoms. The Morgan fingerprint density at radius 3 is 2.44 bits per heavy atom. The van der Waals surface area contributed by atoms with Crippen LogP contribution in [0.3, 0.4) is 0 Å². The Balaban J connectivity index is 2.49. The lowest BCUT2D eigenvalue weighted by molar-refractivity contribution is -0.158. The first-order valence-electron chi connectivity index (χ1n) is 7.22. The number of rotatable bonds is 7. The second kappa shape index (κ2) is 8.48. The van der Waals surface area contributed by atoms with E-state index in [1.807, 2.05) is 18.7 Å². The molecular formula is C14H27NO3. The maximum absolute atomic E-state index is 12.0. The Bertz CT molecular complexity index is 239. The van der Waals surface area contributed by atoms with E-state index in [0.717, 1.165) is 19.4 Å². The number of amides is 1. The number of ether oxygens (including phenoxy) is 2. The monoisotopic (exact) mass is 257 g/mol. The van der Waals surface area contributed by atoms with Gasteiger partial charge in [-0.15, -0.1) is 0 Å². The quantitative estimate of drug-likeness (QED) is 0.657. The van der Waals surface area contributed by atoms with E-state index in [0.29, 0.717) is 32.1 Å². The average molecular weight is 257 g/mol. The molecule has 1 heterocycles. The number of likely N-dealkylation sites (tertiary alicyclic amines) is 1. The van der Waals surface area contributed by atoms with Gasteiger partial charge in [0.25, 0.3) is 0 Å². The van der Waals surface area contributed by atoms with Crippen molar-refractivity contribution in [3.8, 4) is 0 Å². The molecule has 0 aromatic carbocycles. The van der Waals surface area contributed by atoms with Crippen LogP contribution in [0.15, 0.2) is 0 Å². The normalized spacial score (nSPS) is 21.4. The third-order valence-corrected chi connectivity index (χ3v) is 3.58. The lowest BCUT2D eigenvalue weighted by Gasteiger charge is -2.26. The van der Waals surface area contributed by atoms with Crippen molar-refractivity contribution in [2.75, 3.05) is 26.3 Å². The van der Waals surface area contributed by atoms with Crippen molar-refractivity contribution in [2.45, 2.75) is 52.7 Å². The number of carbonyl (C=O) groups is 1. The molecule has 1 aliphatic rings. The van der Waals surface area contributed by atoms with E-state index in [1.54, 1.807) is 0 Å². The summed E-state index contributed by atoms with van der Waals surface area (Å²) >= 11 is 0. The van der Waals surface area contributed by atoms with Gasteiger partial charge in [0, 0.05) is 26.2 Å². The van der Waals surface area contributed by atoms with Gasteiger partial charge in [0.1, 0.15) is 0 Å². The van der Waals surface area contributed by atoms with Gasteiger partial charge in [0.05, 0.1) is 6.54 Å². The van der Waals surface area contributed by atoms with Gasteiger partial charge in [-0.1, -0.05) is 13.3 Å². The molecule has 1 aliphatic heterocycles. The van der Waals surface area contributed by atoms with E-state index >= 15 is 0 Å². The molecule has 1 saturated heterocycles. The van der Waals surface area contributed by atoms with Crippen LogP contribution in [0.4, 0.5) is 0 Å². The minimum Gasteiger partial charge on any atom is -0.351 e. The van der Waals surface area contributed by atoms with Crippen LogP contribution in [-0.4, -0.2) is 43.4 Å². The summed E-state index contributed by atoms with van der Waals surface area (Å²) in [6.45, 7) is 8.74. The molecule has 18 heavy (non-hydrogen) atoms.